The third-order valence-corrected chi connectivity index (χ3v) is 0.0861. The molecular formula is HB3O. The topological polar surface area (TPSA) is 20.2 Å². The summed E-state index contributed by atoms with van der Waals surface area (Å²) in [5, 5.41) is 7.57. The van der Waals surface area contributed by atoms with Crippen LogP contribution in [0.5, 0.6) is 0 Å². The van der Waals surface area contributed by atoms with Crippen LogP contribution in [0.15, 0.2) is 0 Å². The molecule has 1 nitrogen and oxygen atoms in total. The fourth-order valence-electron chi connectivity index (χ4n) is 0. The zero-order valence-corrected chi connectivity index (χ0v) is 2.18. The molecule has 0 rings (SSSR count). The Morgan fingerprint density at radius 3 is 2.00 bits per heavy atom. The first kappa shape index (κ1) is 3.99. The molecule has 1 N–H and O–H groups in total. The number of rotatable bonds is 0. The third kappa shape index (κ3) is 1.99. The first-order chi connectivity index (χ1) is 1.91. The maximum absolute atomic E-state index is 7.57. The molecule has 0 aromatic carbocycles. The van der Waals surface area contributed by atoms with Crippen molar-refractivity contribution in [2.24, 2.45) is 0 Å². The van der Waals surface area contributed by atoms with Gasteiger partial charge in [-0.1, -0.05) is 0 Å². The van der Waals surface area contributed by atoms with Gasteiger partial charge in [-0.2, -0.15) is 0 Å². The van der Waals surface area contributed by atoms with E-state index in [4.69, 9.17) is 5.02 Å². The van der Waals surface area contributed by atoms with Gasteiger partial charge < -0.3 is 0 Å². The molecular weight excluding hydrogens is 48.4 g/mol. The molecule has 0 bridgehead atoms. The van der Waals surface area contributed by atoms with Crippen LogP contribution in [0.1, 0.15) is 0 Å². The van der Waals surface area contributed by atoms with Crippen LogP contribution < -0.4 is 0 Å². The van der Waals surface area contributed by atoms with Gasteiger partial charge in [0.1, 0.15) is 0 Å². The molecule has 0 fully saturated rings. The van der Waals surface area contributed by atoms with Crippen molar-refractivity contribution in [3.05, 3.63) is 0 Å². The Balaban J connectivity index is 2.55. The second kappa shape index (κ2) is 2.99. The van der Waals surface area contributed by atoms with E-state index >= 15 is 0 Å². The minimum atomic E-state index is 0.778. The normalized spacial score (nSPS) is 5.00. The van der Waals surface area contributed by atoms with Gasteiger partial charge in [-0.3, -0.25) is 0 Å². The van der Waals surface area contributed by atoms with Crippen molar-refractivity contribution in [3.63, 3.8) is 0 Å². The summed E-state index contributed by atoms with van der Waals surface area (Å²) >= 11 is 0. The minimum absolute atomic E-state index is 0.778. The zero-order valence-electron chi connectivity index (χ0n) is 2.18. The fourth-order valence-corrected chi connectivity index (χ4v) is 0. The first-order valence-electron chi connectivity index (χ1n) is 0.925. The molecule has 0 amide bonds. The van der Waals surface area contributed by atoms with Crippen LogP contribution in [-0.4, -0.2) is 26.5 Å². The Kier molecular flexibility index (Phi) is 2.99. The Bertz CT molecular complexity index is 18.5. The maximum atomic E-state index is 7.57. The molecule has 4 heteroatoms. The van der Waals surface area contributed by atoms with Crippen LogP contribution in [0.3, 0.4) is 0 Å². The van der Waals surface area contributed by atoms with Crippen LogP contribution in [0.2, 0.25) is 0 Å². The average molecular weight is 49.4 g/mol. The Morgan fingerprint density at radius 1 is 1.75 bits per heavy atom. The molecule has 0 saturated heterocycles. The molecule has 0 aromatic heterocycles. The second-order valence-corrected chi connectivity index (χ2v) is 0.342. The molecule has 0 heterocycles. The summed E-state index contributed by atoms with van der Waals surface area (Å²) in [7, 11) is 5.38. The predicted molar refractivity (Wildman–Crippen MR) is 19.5 cm³/mol. The zero-order chi connectivity index (χ0) is 3.41. The van der Waals surface area contributed by atoms with Crippen molar-refractivity contribution in [1.29, 1.82) is 0 Å². The summed E-state index contributed by atoms with van der Waals surface area (Å²) in [4.78, 5) is 0. The van der Waals surface area contributed by atoms with Gasteiger partial charge in [-0.25, -0.2) is 0 Å². The Labute approximate surface area is 27.6 Å². The van der Waals surface area contributed by atoms with Crippen molar-refractivity contribution in [2.45, 2.75) is 0 Å². The third-order valence-electron chi connectivity index (χ3n) is 0.0861. The van der Waals surface area contributed by atoms with Crippen LogP contribution in [0, 0.1) is 0 Å². The van der Waals surface area contributed by atoms with Gasteiger partial charge in [0.2, 0.25) is 0 Å². The van der Waals surface area contributed by atoms with Crippen molar-refractivity contribution < 1.29 is 5.02 Å². The van der Waals surface area contributed by atoms with Gasteiger partial charge in [0, 0.05) is 0 Å². The summed E-state index contributed by atoms with van der Waals surface area (Å²) < 4.78 is 0. The van der Waals surface area contributed by atoms with E-state index in [2.05, 4.69) is 7.74 Å². The average Bonchev–Trinajstić information content (AvgIpc) is 1.37. The van der Waals surface area contributed by atoms with Gasteiger partial charge in [0.25, 0.3) is 0 Å². The summed E-state index contributed by atoms with van der Waals surface area (Å²) in [6.45, 7) is 1.06. The van der Waals surface area contributed by atoms with E-state index in [0.717, 1.165) is 13.7 Å². The second-order valence-electron chi connectivity index (χ2n) is 0.342. The molecule has 16 valence electrons. The van der Waals surface area contributed by atoms with E-state index < -0.39 is 0 Å². The summed E-state index contributed by atoms with van der Waals surface area (Å²) in [5.41, 5.74) is 0. The van der Waals surface area contributed by atoms with E-state index in [1.807, 2.05) is 0 Å². The molecule has 0 aliphatic heterocycles. The number of hydrogen-bond donors (Lipinski definition) is 1. The van der Waals surface area contributed by atoms with E-state index in [-0.39, 0.29) is 0 Å². The van der Waals surface area contributed by atoms with Crippen LogP contribution in [-0.2, 0) is 0 Å². The molecule has 0 spiro atoms. The van der Waals surface area contributed by atoms with Crippen molar-refractivity contribution in [3.8, 4) is 0 Å². The fraction of sp³-hybridized carbons (Fsp3) is 0. The van der Waals surface area contributed by atoms with Crippen LogP contribution in [0.4, 0.5) is 0 Å². The van der Waals surface area contributed by atoms with Gasteiger partial charge in [-0.05, 0) is 0 Å². The monoisotopic (exact) mass is 50.0 g/mol. The molecule has 0 saturated carbocycles. The van der Waals surface area contributed by atoms with Gasteiger partial charge >= 0.3 is 26.5 Å². The molecule has 0 aromatic rings. The summed E-state index contributed by atoms with van der Waals surface area (Å²) in [6.07, 6.45) is 0. The van der Waals surface area contributed by atoms with E-state index in [1.54, 1.807) is 0 Å². The molecule has 0 unspecified atom stereocenters. The van der Waals surface area contributed by atoms with Crippen molar-refractivity contribution in [2.75, 3.05) is 0 Å². The van der Waals surface area contributed by atoms with E-state index in [0.29, 0.717) is 0 Å². The van der Waals surface area contributed by atoms with E-state index in [1.165, 1.54) is 0 Å². The van der Waals surface area contributed by atoms with E-state index in [9.17, 15) is 0 Å². The molecule has 0 aliphatic rings. The first-order valence-corrected chi connectivity index (χ1v) is 0.925. The summed E-state index contributed by atoms with van der Waals surface area (Å²) in [5.74, 6) is 0. The molecule has 4 heavy (non-hydrogen) atoms. The van der Waals surface area contributed by atoms with Crippen molar-refractivity contribution in [1.82, 2.24) is 0 Å². The predicted octanol–water partition coefficient (Wildman–Crippen LogP) is -1.70. The SMILES string of the molecule is [B]B=BO. The Morgan fingerprint density at radius 2 is 2.00 bits per heavy atom. The quantitative estimate of drug-likeness (QED) is 0.324. The molecule has 0 atom stereocenters. The van der Waals surface area contributed by atoms with Gasteiger partial charge in [-0.15, -0.1) is 0 Å². The molecule has 2 radical (unpaired) electrons. The van der Waals surface area contributed by atoms with Gasteiger partial charge in [0.05, 0.1) is 0 Å². The standard InChI is InChI=1S/B3HO/c1-2-3-4/h4H. The van der Waals surface area contributed by atoms with Crippen LogP contribution in [0.25, 0.3) is 0 Å². The number of hydrogen-bond acceptors (Lipinski definition) is 1. The van der Waals surface area contributed by atoms with Crippen LogP contribution >= 0.6 is 0 Å². The molecule has 0 aliphatic carbocycles. The van der Waals surface area contributed by atoms with Gasteiger partial charge in [0.15, 0.2) is 0 Å². The van der Waals surface area contributed by atoms with Crippen molar-refractivity contribution >= 4 is 21.4 Å². The Hall–Kier alpha value is -0.00519. The summed E-state index contributed by atoms with van der Waals surface area (Å²) in [6, 6.07) is 0.